The second kappa shape index (κ2) is 9.86. The molecule has 0 bridgehead atoms. The fraction of sp³-hybridized carbons (Fsp3) is 0.280. The van der Waals surface area contributed by atoms with Gasteiger partial charge in [-0.15, -0.1) is 0 Å². The van der Waals surface area contributed by atoms with Crippen LogP contribution in [0.5, 0.6) is 0 Å². The Balaban J connectivity index is 1.99. The topological polar surface area (TPSA) is 79.0 Å². The Hall–Kier alpha value is -3.72. The normalized spacial score (nSPS) is 10.7. The van der Waals surface area contributed by atoms with E-state index in [1.165, 1.54) is 0 Å². The first kappa shape index (κ1) is 22.0. The Labute approximate surface area is 182 Å². The highest BCUT2D eigenvalue weighted by atomic mass is 16.2. The Morgan fingerprint density at radius 3 is 2.03 bits per heavy atom. The zero-order chi connectivity index (χ0) is 22.4. The fourth-order valence-electron chi connectivity index (χ4n) is 3.84. The fourth-order valence-corrected chi connectivity index (χ4v) is 3.84. The number of hydrogen-bond acceptors (Lipinski definition) is 4. The van der Waals surface area contributed by atoms with E-state index in [-0.39, 0.29) is 24.1 Å². The molecule has 1 amide bonds. The molecule has 0 fully saturated rings. The van der Waals surface area contributed by atoms with Crippen molar-refractivity contribution in [1.82, 2.24) is 14.7 Å². The largest absolute Gasteiger partial charge is 0.333 e. The second-order valence-electron chi connectivity index (χ2n) is 7.31. The quantitative estimate of drug-likeness (QED) is 0.593. The van der Waals surface area contributed by atoms with Crippen LogP contribution in [0.4, 0.5) is 0 Å². The molecule has 3 rings (SSSR count). The first-order valence-corrected chi connectivity index (χ1v) is 10.4. The van der Waals surface area contributed by atoms with Gasteiger partial charge in [-0.3, -0.25) is 9.59 Å². The number of aryl methyl sites for hydroxylation is 1. The monoisotopic (exact) mass is 414 g/mol. The zero-order valence-electron chi connectivity index (χ0n) is 18.1. The van der Waals surface area contributed by atoms with Crippen molar-refractivity contribution in [2.45, 2.75) is 39.3 Å². The Morgan fingerprint density at radius 2 is 1.58 bits per heavy atom. The lowest BCUT2D eigenvalue weighted by Crippen LogP contribution is -2.39. The average Bonchev–Trinajstić information content (AvgIpc) is 2.81. The van der Waals surface area contributed by atoms with E-state index in [0.29, 0.717) is 24.1 Å². The van der Waals surface area contributed by atoms with Crippen LogP contribution in [0.3, 0.4) is 0 Å². The number of likely N-dealkylation sites (N-methyl/N-ethyl adjacent to an activating group) is 1. The molecule has 6 nitrogen and oxygen atoms in total. The van der Waals surface area contributed by atoms with E-state index in [1.807, 2.05) is 80.6 Å². The highest BCUT2D eigenvalue weighted by Gasteiger charge is 2.25. The van der Waals surface area contributed by atoms with Crippen molar-refractivity contribution < 1.29 is 4.79 Å². The van der Waals surface area contributed by atoms with Gasteiger partial charge >= 0.3 is 0 Å². The average molecular weight is 415 g/mol. The smallest absolute Gasteiger partial charge is 0.285 e. The minimum atomic E-state index is -0.519. The van der Waals surface area contributed by atoms with Crippen molar-refractivity contribution >= 4 is 5.91 Å². The van der Waals surface area contributed by atoms with Crippen LogP contribution in [-0.4, -0.2) is 27.6 Å². The molecule has 0 aliphatic carbocycles. The zero-order valence-corrected chi connectivity index (χ0v) is 18.1. The van der Waals surface area contributed by atoms with E-state index in [4.69, 9.17) is 0 Å². The standard InChI is InChI=1S/C25H26N4O2/c1-4-20-21(16-26)25(31)29(27-22(20)5-2)17-23(30)28(3)24(18-12-8-6-9-13-18)19-14-10-7-11-15-19/h6-15,24H,4-5,17H2,1-3H3. The first-order chi connectivity index (χ1) is 15.0. The van der Waals surface area contributed by atoms with E-state index in [1.54, 1.807) is 11.9 Å². The van der Waals surface area contributed by atoms with Crippen LogP contribution in [0.25, 0.3) is 0 Å². The summed E-state index contributed by atoms with van der Waals surface area (Å²) in [5, 5.41) is 13.9. The molecule has 31 heavy (non-hydrogen) atoms. The number of carbonyl (C=O) groups is 1. The summed E-state index contributed by atoms with van der Waals surface area (Å²) in [4.78, 5) is 27.7. The molecule has 2 aromatic carbocycles. The van der Waals surface area contributed by atoms with E-state index < -0.39 is 5.56 Å². The Kier molecular flexibility index (Phi) is 6.99. The number of amides is 1. The van der Waals surface area contributed by atoms with E-state index in [2.05, 4.69) is 5.10 Å². The maximum atomic E-state index is 13.2. The van der Waals surface area contributed by atoms with Gasteiger partial charge in [0.25, 0.3) is 5.56 Å². The maximum Gasteiger partial charge on any atom is 0.285 e. The summed E-state index contributed by atoms with van der Waals surface area (Å²) in [7, 11) is 1.73. The molecule has 0 atom stereocenters. The van der Waals surface area contributed by atoms with Crippen LogP contribution in [0.15, 0.2) is 65.5 Å². The summed E-state index contributed by atoms with van der Waals surface area (Å²) < 4.78 is 1.13. The molecular formula is C25H26N4O2. The summed E-state index contributed by atoms with van der Waals surface area (Å²) in [6.07, 6.45) is 1.13. The molecule has 1 heterocycles. The molecule has 0 N–H and O–H groups in total. The molecule has 0 spiro atoms. The summed E-state index contributed by atoms with van der Waals surface area (Å²) in [5.41, 5.74) is 2.84. The van der Waals surface area contributed by atoms with Gasteiger partial charge < -0.3 is 4.90 Å². The van der Waals surface area contributed by atoms with Gasteiger partial charge in [0.05, 0.1) is 11.7 Å². The van der Waals surface area contributed by atoms with Crippen LogP contribution in [0.1, 0.15) is 47.8 Å². The molecule has 6 heteroatoms. The molecular weight excluding hydrogens is 388 g/mol. The summed E-state index contributed by atoms with van der Waals surface area (Å²) in [6.45, 7) is 3.59. The third-order valence-corrected chi connectivity index (χ3v) is 5.44. The van der Waals surface area contributed by atoms with Crippen LogP contribution in [0, 0.1) is 11.3 Å². The minimum Gasteiger partial charge on any atom is -0.333 e. The molecule has 0 aliphatic heterocycles. The SMILES string of the molecule is CCc1nn(CC(=O)N(C)C(c2ccccc2)c2ccccc2)c(=O)c(C#N)c1CC. The van der Waals surface area contributed by atoms with Gasteiger partial charge in [-0.1, -0.05) is 74.5 Å². The van der Waals surface area contributed by atoms with Crippen molar-refractivity contribution in [2.24, 2.45) is 0 Å². The third kappa shape index (κ3) is 4.56. The van der Waals surface area contributed by atoms with Crippen molar-refractivity contribution in [1.29, 1.82) is 5.26 Å². The van der Waals surface area contributed by atoms with E-state index in [0.717, 1.165) is 15.8 Å². The van der Waals surface area contributed by atoms with Crippen molar-refractivity contribution in [3.8, 4) is 6.07 Å². The van der Waals surface area contributed by atoms with Crippen LogP contribution >= 0.6 is 0 Å². The van der Waals surface area contributed by atoms with Gasteiger partial charge in [-0.05, 0) is 29.5 Å². The third-order valence-electron chi connectivity index (χ3n) is 5.44. The lowest BCUT2D eigenvalue weighted by atomic mass is 9.97. The predicted octanol–water partition coefficient (Wildman–Crippen LogP) is 3.49. The second-order valence-corrected chi connectivity index (χ2v) is 7.31. The number of carbonyl (C=O) groups excluding carboxylic acids is 1. The highest BCUT2D eigenvalue weighted by molar-refractivity contribution is 5.76. The number of rotatable bonds is 7. The molecule has 1 aromatic heterocycles. The van der Waals surface area contributed by atoms with Crippen LogP contribution in [-0.2, 0) is 24.2 Å². The van der Waals surface area contributed by atoms with Gasteiger partial charge in [-0.2, -0.15) is 10.4 Å². The van der Waals surface area contributed by atoms with Gasteiger partial charge in [-0.25, -0.2) is 4.68 Å². The van der Waals surface area contributed by atoms with E-state index >= 15 is 0 Å². The molecule has 158 valence electrons. The van der Waals surface area contributed by atoms with Crippen molar-refractivity contribution in [3.05, 3.63) is 99.0 Å². The van der Waals surface area contributed by atoms with Crippen LogP contribution in [0.2, 0.25) is 0 Å². The van der Waals surface area contributed by atoms with Crippen molar-refractivity contribution in [2.75, 3.05) is 7.05 Å². The summed E-state index contributed by atoms with van der Waals surface area (Å²) in [6, 6.07) is 21.2. The summed E-state index contributed by atoms with van der Waals surface area (Å²) >= 11 is 0. The number of nitrogens with zero attached hydrogens (tertiary/aromatic N) is 4. The van der Waals surface area contributed by atoms with Crippen LogP contribution < -0.4 is 5.56 Å². The van der Waals surface area contributed by atoms with Gasteiger partial charge in [0.1, 0.15) is 18.2 Å². The molecule has 3 aromatic rings. The minimum absolute atomic E-state index is 0.0764. The number of hydrogen-bond donors (Lipinski definition) is 0. The number of nitriles is 1. The lowest BCUT2D eigenvalue weighted by Gasteiger charge is -2.29. The summed E-state index contributed by atoms with van der Waals surface area (Å²) in [5.74, 6) is -0.262. The van der Waals surface area contributed by atoms with Gasteiger partial charge in [0.15, 0.2) is 0 Å². The molecule has 0 saturated heterocycles. The van der Waals surface area contributed by atoms with Crippen molar-refractivity contribution in [3.63, 3.8) is 0 Å². The molecule has 0 saturated carbocycles. The lowest BCUT2D eigenvalue weighted by molar-refractivity contribution is -0.132. The Bertz CT molecular complexity index is 1110. The maximum absolute atomic E-state index is 13.2. The van der Waals surface area contributed by atoms with Gasteiger partial charge in [0.2, 0.25) is 5.91 Å². The molecule has 0 radical (unpaired) electrons. The Morgan fingerprint density at radius 1 is 1.03 bits per heavy atom. The van der Waals surface area contributed by atoms with E-state index in [9.17, 15) is 14.9 Å². The molecule has 0 unspecified atom stereocenters. The predicted molar refractivity (Wildman–Crippen MR) is 119 cm³/mol. The molecule has 0 aliphatic rings. The number of benzene rings is 2. The van der Waals surface area contributed by atoms with Gasteiger partial charge in [0, 0.05) is 7.05 Å². The first-order valence-electron chi connectivity index (χ1n) is 10.4. The highest BCUT2D eigenvalue weighted by Crippen LogP contribution is 2.27. The number of aromatic nitrogens is 2.